The molecule has 0 saturated carbocycles. The molecule has 0 aliphatic carbocycles. The second kappa shape index (κ2) is 13.9. The maximum atomic E-state index is 13.0. The zero-order chi connectivity index (χ0) is 20.4. The summed E-state index contributed by atoms with van der Waals surface area (Å²) in [6, 6.07) is 10.9. The molecule has 0 saturated heterocycles. The molecule has 1 atom stereocenters. The third-order valence-corrected chi connectivity index (χ3v) is 5.62. The van der Waals surface area contributed by atoms with Crippen molar-refractivity contribution in [1.82, 2.24) is 0 Å². The molecule has 0 fully saturated rings. The molecule has 2 aromatic carbocycles. The van der Waals surface area contributed by atoms with Crippen molar-refractivity contribution in [3.8, 4) is 17.2 Å². The third-order valence-electron chi connectivity index (χ3n) is 4.15. The average molecular weight is 431 g/mol. The molecule has 1 unspecified atom stereocenters. The van der Waals surface area contributed by atoms with Gasteiger partial charge in [0.05, 0.1) is 30.9 Å². The van der Waals surface area contributed by atoms with Gasteiger partial charge in [-0.2, -0.15) is 0 Å². The molecule has 0 amide bonds. The molecule has 0 aromatic heterocycles. The zero-order valence-electron chi connectivity index (χ0n) is 16.7. The van der Waals surface area contributed by atoms with Crippen LogP contribution in [0.3, 0.4) is 0 Å². The molecular formula is C22H29ClLiO4P. The van der Waals surface area contributed by atoms with Crippen LogP contribution in [-0.4, -0.2) is 44.7 Å². The van der Waals surface area contributed by atoms with Gasteiger partial charge in [0.1, 0.15) is 17.2 Å². The Morgan fingerprint density at radius 1 is 1.00 bits per heavy atom. The van der Waals surface area contributed by atoms with Gasteiger partial charge in [-0.05, 0) is 45.7 Å². The summed E-state index contributed by atoms with van der Waals surface area (Å²) in [7, 11) is 1.41. The maximum absolute atomic E-state index is 13.0. The van der Waals surface area contributed by atoms with E-state index in [0.29, 0.717) is 35.3 Å². The van der Waals surface area contributed by atoms with Crippen LogP contribution in [0.4, 0.5) is 0 Å². The van der Waals surface area contributed by atoms with E-state index in [4.69, 9.17) is 25.8 Å². The van der Waals surface area contributed by atoms with Crippen molar-refractivity contribution >= 4 is 49.9 Å². The molecule has 2 aromatic rings. The van der Waals surface area contributed by atoms with Crippen molar-refractivity contribution in [3.05, 3.63) is 47.0 Å². The summed E-state index contributed by atoms with van der Waals surface area (Å²) in [6.45, 7) is 5.52. The van der Waals surface area contributed by atoms with Crippen molar-refractivity contribution in [2.75, 3.05) is 20.3 Å². The number of ether oxygens (including phenoxy) is 3. The van der Waals surface area contributed by atoms with Gasteiger partial charge in [-0.1, -0.05) is 44.4 Å². The van der Waals surface area contributed by atoms with Crippen LogP contribution in [0.2, 0.25) is 5.02 Å². The Morgan fingerprint density at radius 2 is 1.69 bits per heavy atom. The summed E-state index contributed by atoms with van der Waals surface area (Å²) < 4.78 is 17.1. The first-order valence-corrected chi connectivity index (χ1v) is 11.0. The number of hydrogen-bond acceptors (Lipinski definition) is 4. The molecule has 0 bridgehead atoms. The molecule has 0 aliphatic heterocycles. The van der Waals surface area contributed by atoms with Crippen LogP contribution in [0, 0.1) is 0 Å². The molecule has 0 N–H and O–H groups in total. The van der Waals surface area contributed by atoms with Crippen LogP contribution < -0.4 is 19.5 Å². The Hall–Kier alpha value is -1.17. The van der Waals surface area contributed by atoms with Crippen LogP contribution in [0.25, 0.3) is 0 Å². The van der Waals surface area contributed by atoms with Crippen LogP contribution in [0.1, 0.15) is 49.9 Å². The zero-order valence-corrected chi connectivity index (χ0v) is 18.5. The van der Waals surface area contributed by atoms with Gasteiger partial charge in [-0.25, -0.2) is 0 Å². The van der Waals surface area contributed by atoms with Crippen molar-refractivity contribution in [2.24, 2.45) is 0 Å². The molecule has 29 heavy (non-hydrogen) atoms. The predicted molar refractivity (Wildman–Crippen MR) is 125 cm³/mol. The summed E-state index contributed by atoms with van der Waals surface area (Å²) in [4.78, 5) is 13.0. The predicted octanol–water partition coefficient (Wildman–Crippen LogP) is 5.20. The van der Waals surface area contributed by atoms with Crippen LogP contribution in [0.5, 0.6) is 17.2 Å². The third kappa shape index (κ3) is 7.87. The van der Waals surface area contributed by atoms with Crippen molar-refractivity contribution in [1.29, 1.82) is 0 Å². The monoisotopic (exact) mass is 430 g/mol. The first-order valence-electron chi connectivity index (χ1n) is 9.64. The summed E-state index contributed by atoms with van der Waals surface area (Å²) in [5.41, 5.74) is 0.329. The van der Waals surface area contributed by atoms with Gasteiger partial charge in [-0.3, -0.25) is 4.79 Å². The van der Waals surface area contributed by atoms with Gasteiger partial charge in [0, 0.05) is 11.4 Å². The Labute approximate surface area is 192 Å². The molecule has 4 nitrogen and oxygen atoms in total. The van der Waals surface area contributed by atoms with E-state index in [2.05, 4.69) is 13.8 Å². The summed E-state index contributed by atoms with van der Waals surface area (Å²) >= 11 is 6.26. The second-order valence-electron chi connectivity index (χ2n) is 6.33. The molecule has 0 spiro atoms. The SMILES string of the molecule is CCCCOc1ccc(PC(=O)c2c(Cl)cccc2OC)c(OCCCC)c1.[LiH]. The van der Waals surface area contributed by atoms with Gasteiger partial charge >= 0.3 is 18.9 Å². The fourth-order valence-corrected chi connectivity index (χ4v) is 3.95. The summed E-state index contributed by atoms with van der Waals surface area (Å²) in [5.74, 6) is 1.94. The normalized spacial score (nSPS) is 10.6. The number of carbonyl (C=O) groups excluding carboxylic acids is 1. The Balaban J connectivity index is 0.00000420. The minimum atomic E-state index is -0.123. The van der Waals surface area contributed by atoms with E-state index in [1.54, 1.807) is 18.2 Å². The number of unbranched alkanes of at least 4 members (excludes halogenated alkanes) is 2. The van der Waals surface area contributed by atoms with Crippen molar-refractivity contribution in [3.63, 3.8) is 0 Å². The first-order chi connectivity index (χ1) is 13.6. The standard InChI is InChI=1S/C22H28ClO4P.Li.H/c1-4-6-13-26-16-11-12-20(19(15-16)27-14-7-5-2)28-22(24)21-17(23)9-8-10-18(21)25-3;;/h8-12,15,28H,4-7,13-14H2,1-3H3;;. The fraction of sp³-hybridized carbons (Fsp3) is 0.409. The van der Waals surface area contributed by atoms with Gasteiger partial charge in [0.25, 0.3) is 0 Å². The van der Waals surface area contributed by atoms with Crippen LogP contribution >= 0.6 is 20.2 Å². The number of rotatable bonds is 12. The fourth-order valence-electron chi connectivity index (χ4n) is 2.56. The number of hydrogen-bond donors (Lipinski definition) is 0. The van der Waals surface area contributed by atoms with Crippen LogP contribution in [0.15, 0.2) is 36.4 Å². The minimum absolute atomic E-state index is 0. The van der Waals surface area contributed by atoms with E-state index >= 15 is 0 Å². The van der Waals surface area contributed by atoms with E-state index < -0.39 is 0 Å². The number of halogens is 1. The average Bonchev–Trinajstić information content (AvgIpc) is 2.69. The second-order valence-corrected chi connectivity index (χ2v) is 7.98. The molecule has 7 heteroatoms. The van der Waals surface area contributed by atoms with Gasteiger partial charge in [0.2, 0.25) is 0 Å². The molecule has 0 radical (unpaired) electrons. The number of methoxy groups -OCH3 is 1. The number of benzene rings is 2. The van der Waals surface area contributed by atoms with E-state index in [9.17, 15) is 4.79 Å². The first kappa shape index (κ1) is 25.9. The van der Waals surface area contributed by atoms with E-state index in [1.807, 2.05) is 18.2 Å². The van der Waals surface area contributed by atoms with E-state index in [0.717, 1.165) is 36.7 Å². The Kier molecular flexibility index (Phi) is 12.4. The Morgan fingerprint density at radius 3 is 2.34 bits per heavy atom. The van der Waals surface area contributed by atoms with Crippen LogP contribution in [-0.2, 0) is 0 Å². The molecule has 0 aliphatic rings. The Bertz CT molecular complexity index is 785. The molecular weight excluding hydrogens is 402 g/mol. The number of carbonyl (C=O) groups is 1. The van der Waals surface area contributed by atoms with E-state index in [1.165, 1.54) is 7.11 Å². The van der Waals surface area contributed by atoms with Crippen molar-refractivity contribution in [2.45, 2.75) is 39.5 Å². The summed E-state index contributed by atoms with van der Waals surface area (Å²) in [6.07, 6.45) is 4.07. The van der Waals surface area contributed by atoms with Gasteiger partial charge < -0.3 is 14.2 Å². The van der Waals surface area contributed by atoms with Crippen molar-refractivity contribution < 1.29 is 19.0 Å². The quantitative estimate of drug-likeness (QED) is 0.264. The van der Waals surface area contributed by atoms with E-state index in [-0.39, 0.29) is 33.0 Å². The molecule has 0 heterocycles. The molecule has 2 rings (SSSR count). The van der Waals surface area contributed by atoms with Gasteiger partial charge in [-0.15, -0.1) is 0 Å². The molecule has 154 valence electrons. The topological polar surface area (TPSA) is 44.8 Å². The van der Waals surface area contributed by atoms with Gasteiger partial charge in [0.15, 0.2) is 5.52 Å². The summed E-state index contributed by atoms with van der Waals surface area (Å²) in [5, 5.41) is 1.23.